The van der Waals surface area contributed by atoms with Crippen LogP contribution in [0, 0.1) is 0 Å². The average Bonchev–Trinajstić information content (AvgIpc) is 3.47. The van der Waals surface area contributed by atoms with Crippen LogP contribution in [0.25, 0.3) is 22.3 Å². The standard InChI is InChI=1S/C24H23N5O2S/c30-22(23(31)29-24-28-20(14-32-24)15-6-2-1-3-7-15)25-17-12-10-16(11-13-17)21-26-18-8-4-5-9-19(18)27-21/h1-9,14,16-17H,10-13H2,(H,25,30)(H,26,27)(H,28,29,31). The van der Waals surface area contributed by atoms with Crippen LogP contribution in [-0.4, -0.2) is 32.8 Å². The predicted octanol–water partition coefficient (Wildman–Crippen LogP) is 4.47. The van der Waals surface area contributed by atoms with Crippen molar-refractivity contribution in [2.24, 2.45) is 0 Å². The number of amides is 2. The van der Waals surface area contributed by atoms with Gasteiger partial charge >= 0.3 is 11.8 Å². The molecule has 1 aliphatic rings. The zero-order valence-electron chi connectivity index (χ0n) is 17.4. The van der Waals surface area contributed by atoms with Crippen LogP contribution >= 0.6 is 11.3 Å². The van der Waals surface area contributed by atoms with Gasteiger partial charge in [-0.2, -0.15) is 0 Å². The van der Waals surface area contributed by atoms with Gasteiger partial charge in [0.1, 0.15) is 5.82 Å². The van der Waals surface area contributed by atoms with Crippen molar-refractivity contribution in [3.63, 3.8) is 0 Å². The summed E-state index contributed by atoms with van der Waals surface area (Å²) in [6, 6.07) is 17.7. The lowest BCUT2D eigenvalue weighted by molar-refractivity contribution is -0.136. The second-order valence-corrected chi connectivity index (χ2v) is 8.88. The van der Waals surface area contributed by atoms with E-state index in [9.17, 15) is 9.59 Å². The smallest absolute Gasteiger partial charge is 0.315 e. The summed E-state index contributed by atoms with van der Waals surface area (Å²) >= 11 is 1.30. The van der Waals surface area contributed by atoms with Crippen molar-refractivity contribution < 1.29 is 9.59 Å². The molecule has 2 heterocycles. The van der Waals surface area contributed by atoms with Crippen molar-refractivity contribution in [2.75, 3.05) is 5.32 Å². The van der Waals surface area contributed by atoms with E-state index in [1.54, 1.807) is 0 Å². The molecule has 2 aromatic carbocycles. The first-order valence-corrected chi connectivity index (χ1v) is 11.6. The number of hydrogen-bond donors (Lipinski definition) is 3. The van der Waals surface area contributed by atoms with E-state index in [1.807, 2.05) is 60.0 Å². The summed E-state index contributed by atoms with van der Waals surface area (Å²) < 4.78 is 0. The lowest BCUT2D eigenvalue weighted by Gasteiger charge is -2.27. The van der Waals surface area contributed by atoms with E-state index in [4.69, 9.17) is 4.98 Å². The summed E-state index contributed by atoms with van der Waals surface area (Å²) in [4.78, 5) is 37.3. The molecule has 0 radical (unpaired) electrons. The topological polar surface area (TPSA) is 99.8 Å². The molecule has 162 valence electrons. The van der Waals surface area contributed by atoms with E-state index in [2.05, 4.69) is 20.6 Å². The van der Waals surface area contributed by atoms with Crippen molar-refractivity contribution >= 4 is 39.3 Å². The molecule has 1 aliphatic carbocycles. The molecule has 1 fully saturated rings. The highest BCUT2D eigenvalue weighted by atomic mass is 32.1. The number of carbonyl (C=O) groups excluding carboxylic acids is 2. The van der Waals surface area contributed by atoms with E-state index < -0.39 is 11.8 Å². The molecular weight excluding hydrogens is 422 g/mol. The Labute approximate surface area is 189 Å². The molecule has 0 bridgehead atoms. The molecule has 2 amide bonds. The van der Waals surface area contributed by atoms with Gasteiger partial charge in [-0.1, -0.05) is 42.5 Å². The number of H-pyrrole nitrogens is 1. The van der Waals surface area contributed by atoms with Gasteiger partial charge < -0.3 is 10.3 Å². The maximum Gasteiger partial charge on any atom is 0.315 e. The first-order chi connectivity index (χ1) is 15.7. The molecule has 0 spiro atoms. The van der Waals surface area contributed by atoms with E-state index in [0.29, 0.717) is 11.0 Å². The SMILES string of the molecule is O=C(Nc1nc(-c2ccccc2)cs1)C(=O)NC1CCC(c2nc3ccccc3[nH]2)CC1. The van der Waals surface area contributed by atoms with Crippen molar-refractivity contribution in [3.8, 4) is 11.3 Å². The number of nitrogens with zero attached hydrogens (tertiary/aromatic N) is 2. The number of para-hydroxylation sites is 2. The maximum absolute atomic E-state index is 12.4. The average molecular weight is 446 g/mol. The van der Waals surface area contributed by atoms with E-state index in [-0.39, 0.29) is 6.04 Å². The van der Waals surface area contributed by atoms with Gasteiger partial charge in [0.2, 0.25) is 0 Å². The number of carbonyl (C=O) groups is 2. The van der Waals surface area contributed by atoms with Crippen molar-refractivity contribution in [1.29, 1.82) is 0 Å². The summed E-state index contributed by atoms with van der Waals surface area (Å²) in [6.45, 7) is 0. The van der Waals surface area contributed by atoms with Crippen molar-refractivity contribution in [2.45, 2.75) is 37.6 Å². The Morgan fingerprint density at radius 2 is 1.66 bits per heavy atom. The van der Waals surface area contributed by atoms with Gasteiger partial charge in [-0.25, -0.2) is 9.97 Å². The van der Waals surface area contributed by atoms with Gasteiger partial charge in [-0.05, 0) is 37.8 Å². The van der Waals surface area contributed by atoms with Crippen LogP contribution in [0.2, 0.25) is 0 Å². The molecule has 1 saturated carbocycles. The fourth-order valence-electron chi connectivity index (χ4n) is 4.15. The summed E-state index contributed by atoms with van der Waals surface area (Å²) in [5, 5.41) is 7.76. The maximum atomic E-state index is 12.4. The lowest BCUT2D eigenvalue weighted by Crippen LogP contribution is -2.43. The van der Waals surface area contributed by atoms with Crippen LogP contribution in [0.5, 0.6) is 0 Å². The third-order valence-corrected chi connectivity index (χ3v) is 6.61. The second kappa shape index (κ2) is 8.92. The van der Waals surface area contributed by atoms with Crippen molar-refractivity contribution in [1.82, 2.24) is 20.3 Å². The number of hydrogen-bond acceptors (Lipinski definition) is 5. The molecule has 4 aromatic rings. The third-order valence-electron chi connectivity index (χ3n) is 5.86. The first kappa shape index (κ1) is 20.4. The summed E-state index contributed by atoms with van der Waals surface area (Å²) in [7, 11) is 0. The van der Waals surface area contributed by atoms with Crippen LogP contribution in [0.3, 0.4) is 0 Å². The second-order valence-electron chi connectivity index (χ2n) is 8.02. The largest absolute Gasteiger partial charge is 0.345 e. The molecule has 2 aromatic heterocycles. The summed E-state index contributed by atoms with van der Waals surface area (Å²) in [6.07, 6.45) is 3.46. The fourth-order valence-corrected chi connectivity index (χ4v) is 4.87. The molecule has 0 aliphatic heterocycles. The van der Waals surface area contributed by atoms with Crippen LogP contribution in [0.1, 0.15) is 37.4 Å². The number of nitrogens with one attached hydrogen (secondary N) is 3. The lowest BCUT2D eigenvalue weighted by atomic mass is 9.85. The fraction of sp³-hybridized carbons (Fsp3) is 0.250. The minimum atomic E-state index is -0.682. The highest BCUT2D eigenvalue weighted by molar-refractivity contribution is 7.14. The Kier molecular flexibility index (Phi) is 5.68. The van der Waals surface area contributed by atoms with Crippen LogP contribution < -0.4 is 10.6 Å². The highest BCUT2D eigenvalue weighted by Crippen LogP contribution is 2.32. The number of imidazole rings is 1. The van der Waals surface area contributed by atoms with Gasteiger partial charge in [0.05, 0.1) is 16.7 Å². The first-order valence-electron chi connectivity index (χ1n) is 10.7. The molecular formula is C24H23N5O2S. The van der Waals surface area contributed by atoms with Crippen molar-refractivity contribution in [3.05, 3.63) is 65.8 Å². The summed E-state index contributed by atoms with van der Waals surface area (Å²) in [5.41, 5.74) is 3.77. The molecule has 32 heavy (non-hydrogen) atoms. The number of thiazole rings is 1. The van der Waals surface area contributed by atoms with Gasteiger partial charge in [-0.3, -0.25) is 14.9 Å². The van der Waals surface area contributed by atoms with Crippen LogP contribution in [0.15, 0.2) is 60.0 Å². The van der Waals surface area contributed by atoms with E-state index in [0.717, 1.165) is 53.8 Å². The Morgan fingerprint density at radius 1 is 0.906 bits per heavy atom. The van der Waals surface area contributed by atoms with Crippen LogP contribution in [0.4, 0.5) is 5.13 Å². The molecule has 3 N–H and O–H groups in total. The Balaban J connectivity index is 1.13. The van der Waals surface area contributed by atoms with Gasteiger partial charge in [0, 0.05) is 22.9 Å². The molecule has 0 unspecified atom stereocenters. The summed E-state index contributed by atoms with van der Waals surface area (Å²) in [5.74, 6) is 0.0508. The third kappa shape index (κ3) is 4.40. The monoisotopic (exact) mass is 445 g/mol. The predicted molar refractivity (Wildman–Crippen MR) is 125 cm³/mol. The quantitative estimate of drug-likeness (QED) is 0.404. The van der Waals surface area contributed by atoms with Crippen LogP contribution in [-0.2, 0) is 9.59 Å². The Morgan fingerprint density at radius 3 is 2.44 bits per heavy atom. The number of benzene rings is 2. The highest BCUT2D eigenvalue weighted by Gasteiger charge is 2.27. The number of aromatic nitrogens is 3. The molecule has 0 saturated heterocycles. The molecule has 5 rings (SSSR count). The zero-order chi connectivity index (χ0) is 21.9. The van der Waals surface area contributed by atoms with E-state index in [1.165, 1.54) is 11.3 Å². The number of aromatic amines is 1. The van der Waals surface area contributed by atoms with Gasteiger partial charge in [-0.15, -0.1) is 11.3 Å². The number of anilines is 1. The Bertz CT molecular complexity index is 1210. The normalized spacial score (nSPS) is 18.4. The number of fused-ring (bicyclic) bond motifs is 1. The Hall–Kier alpha value is -3.52. The van der Waals surface area contributed by atoms with E-state index >= 15 is 0 Å². The number of rotatable bonds is 4. The van der Waals surface area contributed by atoms with Gasteiger partial charge in [0.15, 0.2) is 5.13 Å². The molecule has 7 nitrogen and oxygen atoms in total. The molecule has 0 atom stereocenters. The minimum Gasteiger partial charge on any atom is -0.345 e. The molecule has 8 heteroatoms. The van der Waals surface area contributed by atoms with Gasteiger partial charge in [0.25, 0.3) is 0 Å². The minimum absolute atomic E-state index is 0.00921. The zero-order valence-corrected chi connectivity index (χ0v) is 18.2.